The Balaban J connectivity index is 4.18. The molecule has 0 fully saturated rings. The second-order valence-electron chi connectivity index (χ2n) is 2.60. The molecule has 0 bridgehead atoms. The summed E-state index contributed by atoms with van der Waals surface area (Å²) in [6, 6.07) is 0. The van der Waals surface area contributed by atoms with E-state index in [1.807, 2.05) is 0 Å². The summed E-state index contributed by atoms with van der Waals surface area (Å²) in [5.74, 6) is -1.01. The van der Waals surface area contributed by atoms with E-state index in [2.05, 4.69) is 10.1 Å². The molecule has 0 aliphatic heterocycles. The second kappa shape index (κ2) is 4.06. The number of nitrogens with one attached hydrogen (secondary N) is 1. The lowest BCUT2D eigenvalue weighted by molar-refractivity contribution is -0.152. The van der Waals surface area contributed by atoms with Crippen molar-refractivity contribution in [1.82, 2.24) is 5.32 Å². The molecule has 0 heterocycles. The summed E-state index contributed by atoms with van der Waals surface area (Å²) in [6.07, 6.45) is 0. The van der Waals surface area contributed by atoms with Crippen molar-refractivity contribution in [3.05, 3.63) is 0 Å². The van der Waals surface area contributed by atoms with E-state index in [0.717, 1.165) is 0 Å². The highest BCUT2D eigenvalue weighted by molar-refractivity contribution is 5.86. The number of esters is 1. The summed E-state index contributed by atoms with van der Waals surface area (Å²) < 4.78 is 4.63. The molecule has 1 atom stereocenters. The van der Waals surface area contributed by atoms with Crippen molar-refractivity contribution in [3.63, 3.8) is 0 Å². The van der Waals surface area contributed by atoms with Gasteiger partial charge in [-0.25, -0.2) is 4.79 Å². The lowest BCUT2D eigenvalue weighted by Gasteiger charge is -2.22. The summed E-state index contributed by atoms with van der Waals surface area (Å²) in [6.45, 7) is 4.57. The number of carbonyl (C=O) groups is 2. The number of carbonyl (C=O) groups excluding carboxylic acids is 2. The number of amides is 1. The molecule has 0 aliphatic rings. The zero-order valence-corrected chi connectivity index (χ0v) is 7.51. The van der Waals surface area contributed by atoms with Crippen LogP contribution in [0.5, 0.6) is 0 Å². The Hall–Kier alpha value is -1.10. The normalized spacial score (nSPS) is 14.7. The van der Waals surface area contributed by atoms with Crippen molar-refractivity contribution in [2.45, 2.75) is 26.4 Å². The molecule has 70 valence electrons. The number of ether oxygens (including phenoxy) is 1. The van der Waals surface area contributed by atoms with Gasteiger partial charge in [-0.05, 0) is 13.8 Å². The predicted molar refractivity (Wildman–Crippen MR) is 43.0 cm³/mol. The Labute approximate surface area is 71.3 Å². The number of hydrogen-bond acceptors (Lipinski definition) is 4. The molecule has 1 amide bonds. The summed E-state index contributed by atoms with van der Waals surface area (Å²) in [5.41, 5.74) is 4.01. The molecule has 5 heteroatoms. The molecule has 0 rings (SSSR count). The van der Waals surface area contributed by atoms with Gasteiger partial charge < -0.3 is 10.1 Å². The third-order valence-corrected chi connectivity index (χ3v) is 1.14. The molecule has 0 aliphatic carbocycles. The summed E-state index contributed by atoms with van der Waals surface area (Å²) in [7, 11) is 0. The molecule has 0 aromatic rings. The first-order valence-corrected chi connectivity index (χ1v) is 3.65. The largest absolute Gasteiger partial charge is 0.463 e. The van der Waals surface area contributed by atoms with E-state index in [4.69, 9.17) is 5.73 Å². The minimum Gasteiger partial charge on any atom is -0.463 e. The van der Waals surface area contributed by atoms with Crippen molar-refractivity contribution in [3.8, 4) is 0 Å². The monoisotopic (exact) mass is 174 g/mol. The van der Waals surface area contributed by atoms with Gasteiger partial charge in [0.1, 0.15) is 0 Å². The third-order valence-electron chi connectivity index (χ3n) is 1.14. The van der Waals surface area contributed by atoms with E-state index >= 15 is 0 Å². The summed E-state index contributed by atoms with van der Waals surface area (Å²) in [5, 5.41) is 2.27. The smallest absolute Gasteiger partial charge is 0.346 e. The van der Waals surface area contributed by atoms with Gasteiger partial charge >= 0.3 is 5.97 Å². The fourth-order valence-corrected chi connectivity index (χ4v) is 0.698. The average molecular weight is 174 g/mol. The van der Waals surface area contributed by atoms with Crippen LogP contribution in [0.1, 0.15) is 20.8 Å². The molecule has 12 heavy (non-hydrogen) atoms. The Morgan fingerprint density at radius 1 is 1.58 bits per heavy atom. The molecule has 0 radical (unpaired) electrons. The SMILES string of the molecule is CCOC(=O)[C@](C)(N)NC(C)=O. The average Bonchev–Trinajstić information content (AvgIpc) is 1.85. The maximum Gasteiger partial charge on any atom is 0.346 e. The zero-order valence-electron chi connectivity index (χ0n) is 7.51. The van der Waals surface area contributed by atoms with E-state index in [1.165, 1.54) is 13.8 Å². The van der Waals surface area contributed by atoms with Gasteiger partial charge in [-0.1, -0.05) is 0 Å². The lowest BCUT2D eigenvalue weighted by atomic mass is 10.2. The van der Waals surface area contributed by atoms with Crippen molar-refractivity contribution in [2.75, 3.05) is 6.61 Å². The van der Waals surface area contributed by atoms with Gasteiger partial charge in [0, 0.05) is 6.92 Å². The summed E-state index contributed by atoms with van der Waals surface area (Å²) in [4.78, 5) is 21.6. The van der Waals surface area contributed by atoms with Gasteiger partial charge in [0.15, 0.2) is 5.66 Å². The Morgan fingerprint density at radius 3 is 2.42 bits per heavy atom. The minimum atomic E-state index is -1.43. The highest BCUT2D eigenvalue weighted by Gasteiger charge is 2.30. The van der Waals surface area contributed by atoms with Gasteiger partial charge in [0.25, 0.3) is 0 Å². The second-order valence-corrected chi connectivity index (χ2v) is 2.60. The highest BCUT2D eigenvalue weighted by Crippen LogP contribution is 1.97. The molecule has 5 nitrogen and oxygen atoms in total. The first kappa shape index (κ1) is 10.9. The summed E-state index contributed by atoms with van der Waals surface area (Å²) >= 11 is 0. The van der Waals surface area contributed by atoms with E-state index in [-0.39, 0.29) is 12.5 Å². The maximum atomic E-state index is 11.0. The minimum absolute atomic E-state index is 0.241. The van der Waals surface area contributed by atoms with Crippen LogP contribution in [0.4, 0.5) is 0 Å². The van der Waals surface area contributed by atoms with Crippen LogP contribution in [0.2, 0.25) is 0 Å². The van der Waals surface area contributed by atoms with Crippen molar-refractivity contribution in [1.29, 1.82) is 0 Å². The number of hydrogen-bond donors (Lipinski definition) is 2. The standard InChI is InChI=1S/C7H14N2O3/c1-4-12-6(11)7(3,8)9-5(2)10/h4,8H2,1-3H3,(H,9,10)/t7-/m1/s1. The van der Waals surface area contributed by atoms with Crippen LogP contribution in [0.15, 0.2) is 0 Å². The van der Waals surface area contributed by atoms with Crippen LogP contribution in [0.25, 0.3) is 0 Å². The molecule has 0 aromatic heterocycles. The van der Waals surface area contributed by atoms with Crippen molar-refractivity contribution in [2.24, 2.45) is 5.73 Å². The molecular formula is C7H14N2O3. The van der Waals surface area contributed by atoms with Gasteiger partial charge in [-0.3, -0.25) is 10.5 Å². The molecule has 3 N–H and O–H groups in total. The van der Waals surface area contributed by atoms with Crippen LogP contribution in [0, 0.1) is 0 Å². The highest BCUT2D eigenvalue weighted by atomic mass is 16.5. The van der Waals surface area contributed by atoms with E-state index < -0.39 is 11.6 Å². The number of rotatable bonds is 3. The molecule has 0 aromatic carbocycles. The quantitative estimate of drug-likeness (QED) is 0.440. The first-order chi connectivity index (χ1) is 5.40. The van der Waals surface area contributed by atoms with E-state index in [0.29, 0.717) is 0 Å². The molecule has 0 saturated heterocycles. The Bertz CT molecular complexity index is 189. The molecule has 0 spiro atoms. The van der Waals surface area contributed by atoms with E-state index in [9.17, 15) is 9.59 Å². The van der Waals surface area contributed by atoms with Gasteiger partial charge in [0.05, 0.1) is 6.61 Å². The molecule has 0 saturated carbocycles. The Kier molecular flexibility index (Phi) is 3.69. The first-order valence-electron chi connectivity index (χ1n) is 3.65. The van der Waals surface area contributed by atoms with E-state index in [1.54, 1.807) is 6.92 Å². The number of nitrogens with two attached hydrogens (primary N) is 1. The molecular weight excluding hydrogens is 160 g/mol. The van der Waals surface area contributed by atoms with Crippen molar-refractivity contribution < 1.29 is 14.3 Å². The Morgan fingerprint density at radius 2 is 2.08 bits per heavy atom. The van der Waals surface area contributed by atoms with Crippen LogP contribution in [0.3, 0.4) is 0 Å². The van der Waals surface area contributed by atoms with Crippen LogP contribution < -0.4 is 11.1 Å². The zero-order chi connectivity index (χ0) is 9.78. The maximum absolute atomic E-state index is 11.0. The lowest BCUT2D eigenvalue weighted by Crippen LogP contribution is -2.59. The van der Waals surface area contributed by atoms with Gasteiger partial charge in [-0.15, -0.1) is 0 Å². The van der Waals surface area contributed by atoms with Crippen LogP contribution in [-0.4, -0.2) is 24.1 Å². The van der Waals surface area contributed by atoms with Gasteiger partial charge in [0.2, 0.25) is 5.91 Å². The van der Waals surface area contributed by atoms with Gasteiger partial charge in [-0.2, -0.15) is 0 Å². The van der Waals surface area contributed by atoms with Crippen LogP contribution in [-0.2, 0) is 14.3 Å². The fraction of sp³-hybridized carbons (Fsp3) is 0.714. The third kappa shape index (κ3) is 3.34. The van der Waals surface area contributed by atoms with Crippen molar-refractivity contribution >= 4 is 11.9 Å². The fourth-order valence-electron chi connectivity index (χ4n) is 0.698. The molecule has 0 unspecified atom stereocenters. The predicted octanol–water partition coefficient (Wildman–Crippen LogP) is -0.639. The topological polar surface area (TPSA) is 81.4 Å². The van der Waals surface area contributed by atoms with Crippen LogP contribution >= 0.6 is 0 Å².